The molecular formula is C26H23Cl2N3O3. The minimum absolute atomic E-state index is 0.127. The number of phenols is 1. The molecule has 6 nitrogen and oxygen atoms in total. The predicted octanol–water partition coefficient (Wildman–Crippen LogP) is 5.34. The van der Waals surface area contributed by atoms with Crippen molar-refractivity contribution in [1.29, 1.82) is 0 Å². The summed E-state index contributed by atoms with van der Waals surface area (Å²) in [6.07, 6.45) is 3.42. The van der Waals surface area contributed by atoms with Gasteiger partial charge in [-0.3, -0.25) is 9.69 Å². The number of phenolic OH excluding ortho intramolecular Hbond substituents is 1. The molecule has 3 aromatic rings. The first-order valence-electron chi connectivity index (χ1n) is 11.0. The van der Waals surface area contributed by atoms with Crippen LogP contribution in [0.25, 0.3) is 6.08 Å². The third kappa shape index (κ3) is 4.37. The van der Waals surface area contributed by atoms with Gasteiger partial charge in [0.25, 0.3) is 0 Å². The quantitative estimate of drug-likeness (QED) is 0.492. The minimum Gasteiger partial charge on any atom is -0.507 e. The Kier molecular flexibility index (Phi) is 6.21. The molecule has 0 spiro atoms. The van der Waals surface area contributed by atoms with E-state index in [0.29, 0.717) is 44.6 Å². The molecule has 2 aliphatic rings. The van der Waals surface area contributed by atoms with E-state index in [4.69, 9.17) is 27.9 Å². The highest BCUT2D eigenvalue weighted by Crippen LogP contribution is 2.42. The highest BCUT2D eigenvalue weighted by molar-refractivity contribution is 6.35. The zero-order chi connectivity index (χ0) is 23.8. The third-order valence-electron chi connectivity index (χ3n) is 6.20. The van der Waals surface area contributed by atoms with Crippen molar-refractivity contribution in [2.45, 2.75) is 13.5 Å². The molecule has 0 unspecified atom stereocenters. The molecule has 8 heteroatoms. The zero-order valence-electron chi connectivity index (χ0n) is 18.6. The van der Waals surface area contributed by atoms with E-state index >= 15 is 0 Å². The van der Waals surface area contributed by atoms with Crippen LogP contribution in [0.5, 0.6) is 11.5 Å². The van der Waals surface area contributed by atoms with Crippen LogP contribution >= 0.6 is 23.2 Å². The number of nitrogens with zero attached hydrogens (tertiary/aromatic N) is 3. The van der Waals surface area contributed by atoms with Gasteiger partial charge in [-0.05, 0) is 54.5 Å². The van der Waals surface area contributed by atoms with E-state index in [0.717, 1.165) is 32.0 Å². The lowest BCUT2D eigenvalue weighted by atomic mass is 9.99. The molecular weight excluding hydrogens is 473 g/mol. The summed E-state index contributed by atoms with van der Waals surface area (Å²) in [6.45, 7) is 5.53. The maximum Gasteiger partial charge on any atom is 0.232 e. The van der Waals surface area contributed by atoms with Crippen molar-refractivity contribution in [3.05, 3.63) is 86.7 Å². The largest absolute Gasteiger partial charge is 0.507 e. The molecule has 34 heavy (non-hydrogen) atoms. The highest BCUT2D eigenvalue weighted by atomic mass is 35.5. The summed E-state index contributed by atoms with van der Waals surface area (Å²) >= 11 is 12.3. The number of ether oxygens (including phenoxy) is 1. The van der Waals surface area contributed by atoms with E-state index < -0.39 is 0 Å². The van der Waals surface area contributed by atoms with E-state index in [9.17, 15) is 9.90 Å². The van der Waals surface area contributed by atoms with Crippen LogP contribution in [0.1, 0.15) is 27.0 Å². The minimum atomic E-state index is -0.222. The molecule has 0 saturated carbocycles. The molecule has 1 saturated heterocycles. The first-order chi connectivity index (χ1) is 16.4. The summed E-state index contributed by atoms with van der Waals surface area (Å²) in [7, 11) is 0. The molecule has 0 amide bonds. The summed E-state index contributed by atoms with van der Waals surface area (Å²) in [5.41, 5.74) is 2.41. The number of hydrogen-bond donors (Lipinski definition) is 1. The lowest BCUT2D eigenvalue weighted by Gasteiger charge is -2.35. The van der Waals surface area contributed by atoms with Crippen molar-refractivity contribution in [3.63, 3.8) is 0 Å². The smallest absolute Gasteiger partial charge is 0.232 e. The molecule has 0 aliphatic carbocycles. The van der Waals surface area contributed by atoms with Crippen molar-refractivity contribution in [3.8, 4) is 11.5 Å². The van der Waals surface area contributed by atoms with Crippen molar-refractivity contribution >= 4 is 40.9 Å². The Balaban J connectivity index is 1.38. The number of hydrogen-bond acceptors (Lipinski definition) is 6. The van der Waals surface area contributed by atoms with Gasteiger partial charge in [0.1, 0.15) is 17.3 Å². The topological polar surface area (TPSA) is 65.9 Å². The number of carbonyl (C=O) groups excluding carboxylic acids is 1. The maximum absolute atomic E-state index is 13.2. The fourth-order valence-corrected chi connectivity index (χ4v) is 4.86. The molecule has 0 bridgehead atoms. The Hall–Kier alpha value is -3.06. The van der Waals surface area contributed by atoms with E-state index in [1.165, 1.54) is 0 Å². The number of aromatic nitrogens is 1. The van der Waals surface area contributed by atoms with Gasteiger partial charge < -0.3 is 14.7 Å². The zero-order valence-corrected chi connectivity index (χ0v) is 20.1. The average Bonchev–Trinajstić information content (AvgIpc) is 3.15. The molecule has 0 atom stereocenters. The number of aromatic hydroxyl groups is 1. The lowest BCUT2D eigenvalue weighted by Crippen LogP contribution is -2.46. The van der Waals surface area contributed by atoms with Crippen molar-refractivity contribution in [2.75, 3.05) is 31.1 Å². The summed E-state index contributed by atoms with van der Waals surface area (Å²) in [5.74, 6) is 1.47. The number of rotatable bonds is 4. The fourth-order valence-electron chi connectivity index (χ4n) is 4.39. The number of aryl methyl sites for hydroxylation is 1. The molecule has 1 aromatic heterocycles. The van der Waals surface area contributed by atoms with Crippen LogP contribution in [0.4, 0.5) is 5.82 Å². The van der Waals surface area contributed by atoms with Gasteiger partial charge >= 0.3 is 0 Å². The summed E-state index contributed by atoms with van der Waals surface area (Å²) in [4.78, 5) is 22.1. The Morgan fingerprint density at radius 1 is 1.12 bits per heavy atom. The molecule has 0 radical (unpaired) electrons. The van der Waals surface area contributed by atoms with Gasteiger partial charge in [-0.1, -0.05) is 35.3 Å². The van der Waals surface area contributed by atoms with Crippen LogP contribution in [-0.2, 0) is 6.54 Å². The van der Waals surface area contributed by atoms with Crippen LogP contribution in [0, 0.1) is 6.92 Å². The molecule has 174 valence electrons. The number of allylic oxidation sites excluding steroid dienone is 1. The Labute approximate surface area is 208 Å². The number of pyridine rings is 1. The van der Waals surface area contributed by atoms with E-state index in [1.54, 1.807) is 43.5 Å². The fraction of sp³-hybridized carbons (Fsp3) is 0.231. The first kappa shape index (κ1) is 22.7. The van der Waals surface area contributed by atoms with Crippen LogP contribution < -0.4 is 9.64 Å². The summed E-state index contributed by atoms with van der Waals surface area (Å²) < 4.78 is 6.05. The molecule has 3 heterocycles. The van der Waals surface area contributed by atoms with Gasteiger partial charge in [0.2, 0.25) is 5.78 Å². The standard InChI is InChI=1S/C26H23Cl2N3O3/c1-16-12-21(32)19(15-30-8-10-31(11-9-30)23-4-2-3-7-29-23)26-24(16)25(33)22(34-26)13-17-5-6-18(27)14-20(17)28/h2-7,12-14,32H,8-11,15H2,1H3/b22-13-. The van der Waals surface area contributed by atoms with Gasteiger partial charge in [-0.25, -0.2) is 4.98 Å². The molecule has 1 fully saturated rings. The second-order valence-electron chi connectivity index (χ2n) is 8.45. The Morgan fingerprint density at radius 3 is 2.62 bits per heavy atom. The number of anilines is 1. The van der Waals surface area contributed by atoms with Gasteiger partial charge in [0.15, 0.2) is 5.76 Å². The van der Waals surface area contributed by atoms with Crippen LogP contribution in [0.2, 0.25) is 10.0 Å². The van der Waals surface area contributed by atoms with Gasteiger partial charge in [0, 0.05) is 49.0 Å². The van der Waals surface area contributed by atoms with E-state index in [2.05, 4.69) is 14.8 Å². The SMILES string of the molecule is Cc1cc(O)c(CN2CCN(c3ccccn3)CC2)c2c1C(=O)/C(=C/c1ccc(Cl)cc1Cl)O2. The van der Waals surface area contributed by atoms with Crippen LogP contribution in [0.15, 0.2) is 54.4 Å². The number of ketones is 1. The number of halogens is 2. The van der Waals surface area contributed by atoms with Crippen molar-refractivity contribution in [2.24, 2.45) is 0 Å². The van der Waals surface area contributed by atoms with E-state index in [-0.39, 0.29) is 17.3 Å². The average molecular weight is 496 g/mol. The summed E-state index contributed by atoms with van der Waals surface area (Å²) in [5, 5.41) is 11.7. The maximum atomic E-state index is 13.2. The Bertz CT molecular complexity index is 1290. The Morgan fingerprint density at radius 2 is 1.91 bits per heavy atom. The van der Waals surface area contributed by atoms with Crippen LogP contribution in [-0.4, -0.2) is 47.0 Å². The van der Waals surface area contributed by atoms with Crippen molar-refractivity contribution < 1.29 is 14.6 Å². The number of carbonyl (C=O) groups is 1. The second kappa shape index (κ2) is 9.29. The molecule has 5 rings (SSSR count). The van der Waals surface area contributed by atoms with Crippen LogP contribution in [0.3, 0.4) is 0 Å². The number of Topliss-reactive ketones (excluding diaryl/α,β-unsaturated/α-hetero) is 1. The first-order valence-corrected chi connectivity index (χ1v) is 11.8. The number of piperazine rings is 1. The number of fused-ring (bicyclic) bond motifs is 1. The molecule has 2 aromatic carbocycles. The highest BCUT2D eigenvalue weighted by Gasteiger charge is 2.34. The van der Waals surface area contributed by atoms with Crippen molar-refractivity contribution in [1.82, 2.24) is 9.88 Å². The monoisotopic (exact) mass is 495 g/mol. The normalized spacial score (nSPS) is 17.2. The number of benzene rings is 2. The lowest BCUT2D eigenvalue weighted by molar-refractivity contribution is 0.101. The predicted molar refractivity (Wildman–Crippen MR) is 134 cm³/mol. The third-order valence-corrected chi connectivity index (χ3v) is 6.76. The van der Waals surface area contributed by atoms with Gasteiger partial charge in [-0.15, -0.1) is 0 Å². The van der Waals surface area contributed by atoms with E-state index in [1.807, 2.05) is 18.2 Å². The second-order valence-corrected chi connectivity index (χ2v) is 9.30. The summed E-state index contributed by atoms with van der Waals surface area (Å²) in [6, 6.07) is 12.6. The molecule has 2 aliphatic heterocycles. The van der Waals surface area contributed by atoms with Gasteiger partial charge in [0.05, 0.1) is 11.1 Å². The van der Waals surface area contributed by atoms with Gasteiger partial charge in [-0.2, -0.15) is 0 Å². The molecule has 1 N–H and O–H groups in total.